The number of sulfonamides is 1. The summed E-state index contributed by atoms with van der Waals surface area (Å²) in [6.07, 6.45) is 0.948. The third kappa shape index (κ3) is 3.45. The van der Waals surface area contributed by atoms with Gasteiger partial charge in [-0.1, -0.05) is 23.4 Å². The fourth-order valence-electron chi connectivity index (χ4n) is 3.65. The molecule has 0 radical (unpaired) electrons. The molecule has 0 fully saturated rings. The third-order valence-corrected chi connectivity index (χ3v) is 6.94. The number of hydrogen-bond acceptors (Lipinski definition) is 7. The molecule has 2 aliphatic rings. The van der Waals surface area contributed by atoms with Crippen LogP contribution in [0.3, 0.4) is 0 Å². The Labute approximate surface area is 172 Å². The average Bonchev–Trinajstić information content (AvgIpc) is 3.28. The molecule has 2 N–H and O–H groups in total. The number of aliphatic carboxylic acids is 1. The van der Waals surface area contributed by atoms with Gasteiger partial charge in [0, 0.05) is 24.1 Å². The van der Waals surface area contributed by atoms with Gasteiger partial charge in [0.05, 0.1) is 23.1 Å². The van der Waals surface area contributed by atoms with Crippen LogP contribution in [-0.4, -0.2) is 46.4 Å². The summed E-state index contributed by atoms with van der Waals surface area (Å²) < 4.78 is 32.0. The summed E-state index contributed by atoms with van der Waals surface area (Å²) in [4.78, 5) is 28.0. The van der Waals surface area contributed by atoms with Crippen LogP contribution in [0.25, 0.3) is 5.70 Å². The molecule has 1 atom stereocenters. The van der Waals surface area contributed by atoms with E-state index >= 15 is 0 Å². The summed E-state index contributed by atoms with van der Waals surface area (Å²) in [5.41, 5.74) is 1.36. The highest BCUT2D eigenvalue weighted by atomic mass is 32.2. The van der Waals surface area contributed by atoms with Crippen LogP contribution in [-0.2, 0) is 26.0 Å². The Kier molecular flexibility index (Phi) is 5.06. The van der Waals surface area contributed by atoms with Crippen molar-refractivity contribution >= 4 is 27.6 Å². The van der Waals surface area contributed by atoms with E-state index in [0.717, 1.165) is 0 Å². The van der Waals surface area contributed by atoms with Gasteiger partial charge in [0.15, 0.2) is 5.82 Å². The Bertz CT molecular complexity index is 1150. The molecule has 0 spiro atoms. The van der Waals surface area contributed by atoms with Crippen molar-refractivity contribution in [3.05, 3.63) is 47.1 Å². The van der Waals surface area contributed by atoms with E-state index in [9.17, 15) is 18.0 Å². The van der Waals surface area contributed by atoms with Crippen LogP contribution in [0.5, 0.6) is 0 Å². The number of hydrogen-bond donors (Lipinski definition) is 2. The molecule has 0 bridgehead atoms. The lowest BCUT2D eigenvalue weighted by Gasteiger charge is -2.27. The molecule has 11 heteroatoms. The van der Waals surface area contributed by atoms with E-state index in [1.165, 1.54) is 4.31 Å². The number of fused-ring (bicyclic) bond motifs is 3. The van der Waals surface area contributed by atoms with Gasteiger partial charge in [-0.2, -0.15) is 4.98 Å². The van der Waals surface area contributed by atoms with Crippen molar-refractivity contribution in [2.75, 3.05) is 6.54 Å². The van der Waals surface area contributed by atoms with Crippen LogP contribution in [0.15, 0.2) is 39.3 Å². The maximum atomic E-state index is 13.0. The monoisotopic (exact) mass is 432 g/mol. The van der Waals surface area contributed by atoms with Crippen molar-refractivity contribution in [2.45, 2.75) is 43.5 Å². The minimum atomic E-state index is -3.66. The lowest BCUT2D eigenvalue weighted by Crippen LogP contribution is -2.35. The van der Waals surface area contributed by atoms with Gasteiger partial charge in [-0.15, -0.1) is 0 Å². The smallest absolute Gasteiger partial charge is 0.303 e. The standard InChI is InChI=1S/C19H20N4O6S/c1-11(18-21-15(29-22-18)8-9-16(24)25)20-19(26)13-6-4-10-23-17(13)12-5-2-3-7-14(12)30(23,27)28/h2-3,5,7,11H,4,6,8-10H2,1H3,(H,20,26)(H,24,25)/t11-/m0/s1. The Morgan fingerprint density at radius 1 is 1.33 bits per heavy atom. The van der Waals surface area contributed by atoms with Gasteiger partial charge in [0.2, 0.25) is 11.8 Å². The lowest BCUT2D eigenvalue weighted by molar-refractivity contribution is -0.137. The van der Waals surface area contributed by atoms with Crippen molar-refractivity contribution in [3.8, 4) is 0 Å². The number of carbonyl (C=O) groups is 2. The molecule has 10 nitrogen and oxygen atoms in total. The molecule has 1 amide bonds. The van der Waals surface area contributed by atoms with Gasteiger partial charge in [-0.25, -0.2) is 8.42 Å². The Morgan fingerprint density at radius 3 is 2.87 bits per heavy atom. The van der Waals surface area contributed by atoms with E-state index in [4.69, 9.17) is 9.63 Å². The van der Waals surface area contributed by atoms with Crippen LogP contribution < -0.4 is 5.32 Å². The van der Waals surface area contributed by atoms with Crippen molar-refractivity contribution < 1.29 is 27.6 Å². The highest BCUT2D eigenvalue weighted by Gasteiger charge is 2.42. The highest BCUT2D eigenvalue weighted by Crippen LogP contribution is 2.43. The van der Waals surface area contributed by atoms with Crippen molar-refractivity contribution in [3.63, 3.8) is 0 Å². The van der Waals surface area contributed by atoms with E-state index in [2.05, 4.69) is 15.5 Å². The second-order valence-electron chi connectivity index (χ2n) is 7.14. The molecule has 4 rings (SSSR count). The zero-order valence-electron chi connectivity index (χ0n) is 16.2. The molecule has 1 aromatic heterocycles. The number of aryl methyl sites for hydroxylation is 1. The molecule has 3 heterocycles. The quantitative estimate of drug-likeness (QED) is 0.699. The van der Waals surface area contributed by atoms with Gasteiger partial charge in [0.1, 0.15) is 0 Å². The van der Waals surface area contributed by atoms with Crippen molar-refractivity contribution in [1.82, 2.24) is 19.8 Å². The summed E-state index contributed by atoms with van der Waals surface area (Å²) in [5, 5.41) is 15.3. The molecular formula is C19H20N4O6S. The largest absolute Gasteiger partial charge is 0.481 e. The zero-order valence-corrected chi connectivity index (χ0v) is 17.0. The summed E-state index contributed by atoms with van der Waals surface area (Å²) in [6.45, 7) is 2.01. The minimum absolute atomic E-state index is 0.0991. The number of carboxylic acids is 1. The Morgan fingerprint density at radius 2 is 2.10 bits per heavy atom. The first-order valence-electron chi connectivity index (χ1n) is 9.49. The van der Waals surface area contributed by atoms with Gasteiger partial charge < -0.3 is 14.9 Å². The molecule has 0 saturated heterocycles. The Balaban J connectivity index is 1.58. The predicted molar refractivity (Wildman–Crippen MR) is 103 cm³/mol. The fourth-order valence-corrected chi connectivity index (χ4v) is 5.40. The number of carbonyl (C=O) groups excluding carboxylic acids is 1. The Hall–Kier alpha value is -3.21. The van der Waals surface area contributed by atoms with E-state index in [1.54, 1.807) is 31.2 Å². The van der Waals surface area contributed by atoms with Gasteiger partial charge in [0.25, 0.3) is 10.0 Å². The average molecular weight is 432 g/mol. The summed E-state index contributed by atoms with van der Waals surface area (Å²) in [6, 6.07) is 6.06. The maximum Gasteiger partial charge on any atom is 0.303 e. The molecule has 0 aliphatic carbocycles. The molecular weight excluding hydrogens is 412 g/mol. The molecule has 158 valence electrons. The SMILES string of the molecule is C[C@H](NC(=O)C1=C2c3ccccc3S(=O)(=O)N2CCC1)c1noc(CCC(=O)O)n1. The number of nitrogens with one attached hydrogen (secondary N) is 1. The number of amides is 1. The summed E-state index contributed by atoms with van der Waals surface area (Å²) in [7, 11) is -3.66. The summed E-state index contributed by atoms with van der Waals surface area (Å²) in [5.74, 6) is -0.971. The van der Waals surface area contributed by atoms with Crippen LogP contribution in [0, 0.1) is 0 Å². The molecule has 0 unspecified atom stereocenters. The van der Waals surface area contributed by atoms with E-state index in [1.807, 2.05) is 0 Å². The summed E-state index contributed by atoms with van der Waals surface area (Å²) >= 11 is 0. The van der Waals surface area contributed by atoms with Crippen molar-refractivity contribution in [1.29, 1.82) is 0 Å². The van der Waals surface area contributed by atoms with Gasteiger partial charge >= 0.3 is 5.97 Å². The highest BCUT2D eigenvalue weighted by molar-refractivity contribution is 7.90. The molecule has 2 aromatic rings. The second kappa shape index (κ2) is 7.56. The maximum absolute atomic E-state index is 13.0. The molecule has 30 heavy (non-hydrogen) atoms. The van der Waals surface area contributed by atoms with Crippen LogP contribution in [0.1, 0.15) is 49.5 Å². The predicted octanol–water partition coefficient (Wildman–Crippen LogP) is 1.47. The van der Waals surface area contributed by atoms with Crippen LogP contribution in [0.2, 0.25) is 0 Å². The fraction of sp³-hybridized carbons (Fsp3) is 0.368. The van der Waals surface area contributed by atoms with Crippen LogP contribution >= 0.6 is 0 Å². The first-order valence-corrected chi connectivity index (χ1v) is 10.9. The molecule has 1 aromatic carbocycles. The van der Waals surface area contributed by atoms with Gasteiger partial charge in [-0.05, 0) is 25.8 Å². The number of benzene rings is 1. The van der Waals surface area contributed by atoms with E-state index in [0.29, 0.717) is 36.2 Å². The first-order chi connectivity index (χ1) is 14.3. The molecule has 0 saturated carbocycles. The lowest BCUT2D eigenvalue weighted by atomic mass is 9.98. The topological polar surface area (TPSA) is 143 Å². The molecule has 2 aliphatic heterocycles. The minimum Gasteiger partial charge on any atom is -0.481 e. The number of aromatic nitrogens is 2. The first kappa shape index (κ1) is 20.1. The number of carboxylic acid groups (broad SMARTS) is 1. The van der Waals surface area contributed by atoms with Crippen molar-refractivity contribution in [2.24, 2.45) is 0 Å². The number of rotatable bonds is 6. The normalized spacial score (nSPS) is 18.0. The number of nitrogens with zero attached hydrogens (tertiary/aromatic N) is 3. The van der Waals surface area contributed by atoms with E-state index < -0.39 is 27.9 Å². The van der Waals surface area contributed by atoms with Gasteiger partial charge in [-0.3, -0.25) is 13.9 Å². The van der Waals surface area contributed by atoms with Crippen LogP contribution in [0.4, 0.5) is 0 Å². The van der Waals surface area contributed by atoms with E-state index in [-0.39, 0.29) is 29.5 Å². The second-order valence-corrected chi connectivity index (χ2v) is 8.97. The zero-order chi connectivity index (χ0) is 21.5. The third-order valence-electron chi connectivity index (χ3n) is 5.08.